The van der Waals surface area contributed by atoms with Crippen molar-refractivity contribution in [2.75, 3.05) is 57.7 Å². The van der Waals surface area contributed by atoms with Crippen LogP contribution in [0.15, 0.2) is 48.5 Å². The van der Waals surface area contributed by atoms with E-state index in [4.69, 9.17) is 10.1 Å². The Morgan fingerprint density at radius 2 is 1.37 bits per heavy atom. The van der Waals surface area contributed by atoms with Crippen LogP contribution in [-0.4, -0.2) is 72.3 Å². The molecule has 1 aliphatic rings. The van der Waals surface area contributed by atoms with E-state index in [1.807, 2.05) is 12.1 Å². The molecule has 0 radical (unpaired) electrons. The molecule has 1 saturated heterocycles. The fourth-order valence-electron chi connectivity index (χ4n) is 3.92. The van der Waals surface area contributed by atoms with Gasteiger partial charge in [-0.05, 0) is 25.1 Å². The van der Waals surface area contributed by atoms with Gasteiger partial charge in [0.1, 0.15) is 0 Å². The molecule has 0 atom stereocenters. The Kier molecular flexibility index (Phi) is 5.82. The minimum Gasteiger partial charge on any atom is -0.395 e. The van der Waals surface area contributed by atoms with Crippen molar-refractivity contribution < 1.29 is 5.11 Å². The van der Waals surface area contributed by atoms with Crippen LogP contribution in [0.4, 0.5) is 5.69 Å². The molecule has 27 heavy (non-hydrogen) atoms. The summed E-state index contributed by atoms with van der Waals surface area (Å²) in [6.07, 6.45) is 1.12. The van der Waals surface area contributed by atoms with E-state index in [2.05, 4.69) is 51.5 Å². The molecule has 2 aromatic carbocycles. The molecule has 0 saturated carbocycles. The number of nitrogens with one attached hydrogen (secondary N) is 1. The third-order valence-electron chi connectivity index (χ3n) is 5.42. The highest BCUT2D eigenvalue weighted by Crippen LogP contribution is 2.30. The number of fused-ring (bicyclic) bond motifs is 2. The number of benzene rings is 2. The molecule has 0 amide bonds. The fraction of sp³-hybridized carbons (Fsp3) is 0.409. The molecular formula is C22H28N4O. The van der Waals surface area contributed by atoms with Crippen LogP contribution in [0.2, 0.25) is 0 Å². The summed E-state index contributed by atoms with van der Waals surface area (Å²) in [5, 5.41) is 15.1. The number of nitrogens with zero attached hydrogens (tertiary/aromatic N) is 3. The number of rotatable bonds is 7. The molecule has 3 aromatic rings. The largest absolute Gasteiger partial charge is 0.395 e. The monoisotopic (exact) mass is 364 g/mol. The summed E-state index contributed by atoms with van der Waals surface area (Å²) in [6, 6.07) is 16.7. The van der Waals surface area contributed by atoms with Crippen molar-refractivity contribution in [2.45, 2.75) is 6.42 Å². The lowest BCUT2D eigenvalue weighted by Crippen LogP contribution is -2.47. The Bertz CT molecular complexity index is 836. The number of hydrogen-bond acceptors (Lipinski definition) is 5. The van der Waals surface area contributed by atoms with Gasteiger partial charge in [0.05, 0.1) is 23.3 Å². The zero-order valence-electron chi connectivity index (χ0n) is 15.8. The van der Waals surface area contributed by atoms with Gasteiger partial charge in [-0.15, -0.1) is 0 Å². The van der Waals surface area contributed by atoms with E-state index in [1.165, 1.54) is 16.5 Å². The Morgan fingerprint density at radius 3 is 1.96 bits per heavy atom. The predicted octanol–water partition coefficient (Wildman–Crippen LogP) is 2.80. The Labute approximate surface area is 160 Å². The van der Waals surface area contributed by atoms with E-state index >= 15 is 0 Å². The first-order valence-corrected chi connectivity index (χ1v) is 9.92. The standard InChI is InChI=1S/C22H28N4O/c27-17-16-26-14-12-25(13-15-26)11-5-10-23-22-18-6-1-3-8-20(18)24-21-9-4-2-7-19(21)22/h1-4,6-9,27H,5,10-17H2,(H,23,24). The smallest absolute Gasteiger partial charge is 0.0730 e. The van der Waals surface area contributed by atoms with Crippen LogP contribution in [0.3, 0.4) is 0 Å². The number of hydrogen-bond donors (Lipinski definition) is 2. The van der Waals surface area contributed by atoms with Gasteiger partial charge in [-0.25, -0.2) is 4.98 Å². The van der Waals surface area contributed by atoms with E-state index in [9.17, 15) is 0 Å². The summed E-state index contributed by atoms with van der Waals surface area (Å²) in [7, 11) is 0. The lowest BCUT2D eigenvalue weighted by Gasteiger charge is -2.34. The molecule has 1 aliphatic heterocycles. The second-order valence-electron chi connectivity index (χ2n) is 7.21. The average molecular weight is 364 g/mol. The summed E-state index contributed by atoms with van der Waals surface area (Å²) < 4.78 is 0. The van der Waals surface area contributed by atoms with Crippen molar-refractivity contribution in [3.05, 3.63) is 48.5 Å². The number of piperazine rings is 1. The molecule has 0 aliphatic carbocycles. The highest BCUT2D eigenvalue weighted by molar-refractivity contribution is 6.07. The third kappa shape index (κ3) is 4.21. The summed E-state index contributed by atoms with van der Waals surface area (Å²) in [4.78, 5) is 9.65. The molecule has 142 valence electrons. The number of β-amino-alcohol motifs (C(OH)–C–C–N with tert-alkyl or cyclic N) is 1. The van der Waals surface area contributed by atoms with Crippen molar-refractivity contribution in [3.8, 4) is 0 Å². The number of para-hydroxylation sites is 2. The third-order valence-corrected chi connectivity index (χ3v) is 5.42. The maximum Gasteiger partial charge on any atom is 0.0730 e. The highest BCUT2D eigenvalue weighted by atomic mass is 16.3. The van der Waals surface area contributed by atoms with Crippen LogP contribution in [0, 0.1) is 0 Å². The first-order chi connectivity index (χ1) is 13.3. The van der Waals surface area contributed by atoms with Crippen LogP contribution >= 0.6 is 0 Å². The second-order valence-corrected chi connectivity index (χ2v) is 7.21. The maximum absolute atomic E-state index is 9.05. The molecule has 0 bridgehead atoms. The second kappa shape index (κ2) is 8.65. The van der Waals surface area contributed by atoms with E-state index < -0.39 is 0 Å². The molecule has 4 rings (SSSR count). The van der Waals surface area contributed by atoms with Gasteiger partial charge in [0.15, 0.2) is 0 Å². The first kappa shape index (κ1) is 18.2. The van der Waals surface area contributed by atoms with Crippen molar-refractivity contribution in [2.24, 2.45) is 0 Å². The van der Waals surface area contributed by atoms with Crippen LogP contribution in [-0.2, 0) is 0 Å². The van der Waals surface area contributed by atoms with Crippen molar-refractivity contribution in [1.29, 1.82) is 0 Å². The zero-order chi connectivity index (χ0) is 18.5. The minimum atomic E-state index is 0.262. The van der Waals surface area contributed by atoms with Gasteiger partial charge in [-0.1, -0.05) is 36.4 Å². The molecule has 2 N–H and O–H groups in total. The molecule has 1 fully saturated rings. The van der Waals surface area contributed by atoms with E-state index in [0.29, 0.717) is 0 Å². The summed E-state index contributed by atoms with van der Waals surface area (Å²) in [5.74, 6) is 0. The number of aliphatic hydroxyl groups excluding tert-OH is 1. The van der Waals surface area contributed by atoms with E-state index in [0.717, 1.165) is 63.3 Å². The van der Waals surface area contributed by atoms with Crippen LogP contribution < -0.4 is 5.32 Å². The quantitative estimate of drug-likeness (QED) is 0.499. The molecule has 5 nitrogen and oxygen atoms in total. The SMILES string of the molecule is OCCN1CCN(CCCNc2c3ccccc3nc3ccccc23)CC1. The number of anilines is 1. The topological polar surface area (TPSA) is 51.6 Å². The number of pyridine rings is 1. The van der Waals surface area contributed by atoms with E-state index in [-0.39, 0.29) is 6.61 Å². The van der Waals surface area contributed by atoms with Crippen LogP contribution in [0.25, 0.3) is 21.8 Å². The van der Waals surface area contributed by atoms with Crippen LogP contribution in [0.5, 0.6) is 0 Å². The summed E-state index contributed by atoms with van der Waals surface area (Å²) >= 11 is 0. The summed E-state index contributed by atoms with van der Waals surface area (Å²) in [5.41, 5.74) is 3.28. The van der Waals surface area contributed by atoms with Crippen molar-refractivity contribution in [1.82, 2.24) is 14.8 Å². The number of aromatic nitrogens is 1. The van der Waals surface area contributed by atoms with Gasteiger partial charge in [0.25, 0.3) is 0 Å². The van der Waals surface area contributed by atoms with Gasteiger partial charge in [-0.2, -0.15) is 0 Å². The molecule has 1 aromatic heterocycles. The Hall–Kier alpha value is -2.21. The van der Waals surface area contributed by atoms with Crippen molar-refractivity contribution in [3.63, 3.8) is 0 Å². The lowest BCUT2D eigenvalue weighted by molar-refractivity contribution is 0.112. The van der Waals surface area contributed by atoms with Crippen LogP contribution in [0.1, 0.15) is 6.42 Å². The van der Waals surface area contributed by atoms with E-state index in [1.54, 1.807) is 0 Å². The molecule has 0 spiro atoms. The maximum atomic E-state index is 9.05. The molecule has 5 heteroatoms. The summed E-state index contributed by atoms with van der Waals surface area (Å²) in [6.45, 7) is 7.45. The van der Waals surface area contributed by atoms with Crippen molar-refractivity contribution >= 4 is 27.5 Å². The van der Waals surface area contributed by atoms with Gasteiger partial charge in [0.2, 0.25) is 0 Å². The lowest BCUT2D eigenvalue weighted by atomic mass is 10.1. The fourth-order valence-corrected chi connectivity index (χ4v) is 3.92. The normalized spacial score (nSPS) is 16.2. The predicted molar refractivity (Wildman–Crippen MR) is 112 cm³/mol. The van der Waals surface area contributed by atoms with Gasteiger partial charge in [-0.3, -0.25) is 4.90 Å². The van der Waals surface area contributed by atoms with Gasteiger partial charge < -0.3 is 15.3 Å². The Balaban J connectivity index is 1.39. The number of aliphatic hydroxyl groups is 1. The molecule has 0 unspecified atom stereocenters. The van der Waals surface area contributed by atoms with Gasteiger partial charge in [0, 0.05) is 50.0 Å². The Morgan fingerprint density at radius 1 is 0.815 bits per heavy atom. The first-order valence-electron chi connectivity index (χ1n) is 9.92. The zero-order valence-corrected chi connectivity index (χ0v) is 15.8. The molecule has 2 heterocycles. The average Bonchev–Trinajstić information content (AvgIpc) is 2.72. The van der Waals surface area contributed by atoms with Gasteiger partial charge >= 0.3 is 0 Å². The highest BCUT2D eigenvalue weighted by Gasteiger charge is 2.15. The molecular weight excluding hydrogens is 336 g/mol. The minimum absolute atomic E-state index is 0.262.